The largest absolute Gasteiger partial charge is 0.368 e. The first-order chi connectivity index (χ1) is 10.1. The van der Waals surface area contributed by atoms with E-state index in [1.165, 1.54) is 11.3 Å². The van der Waals surface area contributed by atoms with E-state index in [1.54, 1.807) is 0 Å². The van der Waals surface area contributed by atoms with E-state index in [2.05, 4.69) is 36.1 Å². The highest BCUT2D eigenvalue weighted by Gasteiger charge is 2.32. The van der Waals surface area contributed by atoms with Gasteiger partial charge in [0.2, 0.25) is 5.91 Å². The van der Waals surface area contributed by atoms with Gasteiger partial charge in [-0.15, -0.1) is 0 Å². The molecule has 21 heavy (non-hydrogen) atoms. The van der Waals surface area contributed by atoms with Crippen LogP contribution in [0.5, 0.6) is 0 Å². The zero-order chi connectivity index (χ0) is 14.8. The van der Waals surface area contributed by atoms with Crippen molar-refractivity contribution in [2.24, 2.45) is 11.7 Å². The molecule has 4 nitrogen and oxygen atoms in total. The van der Waals surface area contributed by atoms with Crippen molar-refractivity contribution in [2.75, 3.05) is 31.1 Å². The van der Waals surface area contributed by atoms with Crippen LogP contribution in [0.25, 0.3) is 0 Å². The van der Waals surface area contributed by atoms with E-state index in [4.69, 9.17) is 5.73 Å². The van der Waals surface area contributed by atoms with Crippen molar-refractivity contribution in [3.8, 4) is 0 Å². The minimum atomic E-state index is 0.171. The van der Waals surface area contributed by atoms with Crippen molar-refractivity contribution in [3.63, 3.8) is 0 Å². The number of amides is 1. The molecule has 1 aromatic rings. The molecule has 4 heteroatoms. The Morgan fingerprint density at radius 2 is 1.86 bits per heavy atom. The molecule has 1 amide bonds. The molecule has 2 N–H and O–H groups in total. The third-order valence-electron chi connectivity index (χ3n) is 4.87. The molecule has 1 aliphatic carbocycles. The maximum atomic E-state index is 12.5. The normalized spacial score (nSPS) is 26.2. The van der Waals surface area contributed by atoms with Crippen molar-refractivity contribution in [1.29, 1.82) is 0 Å². The molecule has 1 heterocycles. The molecule has 1 aromatic carbocycles. The van der Waals surface area contributed by atoms with E-state index in [1.807, 2.05) is 4.90 Å². The highest BCUT2D eigenvalue weighted by atomic mass is 16.2. The molecule has 2 aliphatic rings. The van der Waals surface area contributed by atoms with Crippen molar-refractivity contribution < 1.29 is 4.79 Å². The number of nitrogens with zero attached hydrogens (tertiary/aromatic N) is 2. The minimum absolute atomic E-state index is 0.171. The molecule has 1 saturated heterocycles. The second-order valence-electron chi connectivity index (χ2n) is 6.37. The Bertz CT molecular complexity index is 509. The molecule has 1 saturated carbocycles. The van der Waals surface area contributed by atoms with Gasteiger partial charge in [0.1, 0.15) is 0 Å². The lowest BCUT2D eigenvalue weighted by atomic mass is 10.1. The van der Waals surface area contributed by atoms with E-state index < -0.39 is 0 Å². The van der Waals surface area contributed by atoms with Crippen LogP contribution >= 0.6 is 0 Å². The smallest absolute Gasteiger partial charge is 0.225 e. The summed E-state index contributed by atoms with van der Waals surface area (Å²) in [5.41, 5.74) is 8.53. The lowest BCUT2D eigenvalue weighted by Gasteiger charge is -2.37. The number of carbonyl (C=O) groups is 1. The summed E-state index contributed by atoms with van der Waals surface area (Å²) in [5.74, 6) is 0.498. The van der Waals surface area contributed by atoms with Crippen LogP contribution in [0, 0.1) is 12.8 Å². The summed E-state index contributed by atoms with van der Waals surface area (Å²) >= 11 is 0. The molecule has 0 bridgehead atoms. The third-order valence-corrected chi connectivity index (χ3v) is 4.87. The van der Waals surface area contributed by atoms with Crippen LogP contribution in [0.2, 0.25) is 0 Å². The number of hydrogen-bond acceptors (Lipinski definition) is 3. The topological polar surface area (TPSA) is 49.6 Å². The summed E-state index contributed by atoms with van der Waals surface area (Å²) in [5, 5.41) is 0. The number of rotatable bonds is 2. The van der Waals surface area contributed by atoms with Gasteiger partial charge in [0.25, 0.3) is 0 Å². The predicted octanol–water partition coefficient (Wildman–Crippen LogP) is 1.77. The summed E-state index contributed by atoms with van der Waals surface area (Å²) in [4.78, 5) is 16.9. The van der Waals surface area contributed by atoms with Gasteiger partial charge in [-0.25, -0.2) is 0 Å². The van der Waals surface area contributed by atoms with Crippen molar-refractivity contribution >= 4 is 11.6 Å². The number of carbonyl (C=O) groups excluding carboxylic acids is 1. The van der Waals surface area contributed by atoms with Crippen LogP contribution in [-0.2, 0) is 4.79 Å². The summed E-state index contributed by atoms with van der Waals surface area (Å²) < 4.78 is 0. The Hall–Kier alpha value is -1.55. The molecule has 3 rings (SSSR count). The first-order valence-electron chi connectivity index (χ1n) is 8.00. The first kappa shape index (κ1) is 14.4. The van der Waals surface area contributed by atoms with E-state index in [0.717, 1.165) is 45.4 Å². The number of nitrogens with two attached hydrogens (primary N) is 1. The Morgan fingerprint density at radius 1 is 1.14 bits per heavy atom. The fourth-order valence-corrected chi connectivity index (χ4v) is 3.58. The monoisotopic (exact) mass is 287 g/mol. The highest BCUT2D eigenvalue weighted by molar-refractivity contribution is 5.79. The lowest BCUT2D eigenvalue weighted by molar-refractivity contribution is -0.135. The molecule has 2 atom stereocenters. The number of hydrogen-bond donors (Lipinski definition) is 1. The van der Waals surface area contributed by atoms with Crippen LogP contribution in [-0.4, -0.2) is 43.0 Å². The lowest BCUT2D eigenvalue weighted by Crippen LogP contribution is -2.50. The zero-order valence-corrected chi connectivity index (χ0v) is 12.8. The van der Waals surface area contributed by atoms with Gasteiger partial charge < -0.3 is 15.5 Å². The van der Waals surface area contributed by atoms with Crippen LogP contribution in [0.4, 0.5) is 5.69 Å². The van der Waals surface area contributed by atoms with Gasteiger partial charge in [-0.05, 0) is 37.8 Å². The molecular weight excluding hydrogens is 262 g/mol. The van der Waals surface area contributed by atoms with E-state index in [0.29, 0.717) is 5.91 Å². The molecule has 2 unspecified atom stereocenters. The van der Waals surface area contributed by atoms with Gasteiger partial charge in [-0.3, -0.25) is 4.79 Å². The maximum absolute atomic E-state index is 12.5. The standard InChI is InChI=1S/C17H25N3O/c1-13-4-2-3-5-16(13)19-8-10-20(11-9-19)17(21)14-6-7-15(18)12-14/h2-5,14-15H,6-12,18H2,1H3. The Labute approximate surface area is 126 Å². The molecule has 2 fully saturated rings. The number of para-hydroxylation sites is 1. The molecule has 1 aliphatic heterocycles. The molecular formula is C17H25N3O. The SMILES string of the molecule is Cc1ccccc1N1CCN(C(=O)C2CCC(N)C2)CC1. The average molecular weight is 287 g/mol. The highest BCUT2D eigenvalue weighted by Crippen LogP contribution is 2.27. The van der Waals surface area contributed by atoms with Crippen molar-refractivity contribution in [2.45, 2.75) is 32.2 Å². The number of piperazine rings is 1. The minimum Gasteiger partial charge on any atom is -0.368 e. The number of benzene rings is 1. The average Bonchev–Trinajstić information content (AvgIpc) is 2.94. The number of anilines is 1. The molecule has 0 radical (unpaired) electrons. The summed E-state index contributed by atoms with van der Waals surface area (Å²) in [6.45, 7) is 5.66. The summed E-state index contributed by atoms with van der Waals surface area (Å²) in [6, 6.07) is 8.70. The first-order valence-corrected chi connectivity index (χ1v) is 8.00. The van der Waals surface area contributed by atoms with E-state index in [-0.39, 0.29) is 12.0 Å². The fourth-order valence-electron chi connectivity index (χ4n) is 3.58. The zero-order valence-electron chi connectivity index (χ0n) is 12.8. The quantitative estimate of drug-likeness (QED) is 0.902. The Balaban J connectivity index is 1.58. The van der Waals surface area contributed by atoms with Gasteiger partial charge >= 0.3 is 0 Å². The van der Waals surface area contributed by atoms with Crippen LogP contribution in [0.15, 0.2) is 24.3 Å². The van der Waals surface area contributed by atoms with Gasteiger partial charge in [0, 0.05) is 43.8 Å². The van der Waals surface area contributed by atoms with Crippen molar-refractivity contribution in [1.82, 2.24) is 4.90 Å². The fraction of sp³-hybridized carbons (Fsp3) is 0.588. The second kappa shape index (κ2) is 6.06. The predicted molar refractivity (Wildman–Crippen MR) is 85.3 cm³/mol. The van der Waals surface area contributed by atoms with Crippen molar-refractivity contribution in [3.05, 3.63) is 29.8 Å². The van der Waals surface area contributed by atoms with Crippen LogP contribution < -0.4 is 10.6 Å². The van der Waals surface area contributed by atoms with Gasteiger partial charge in [-0.2, -0.15) is 0 Å². The van der Waals surface area contributed by atoms with Gasteiger partial charge in [0.05, 0.1) is 0 Å². The van der Waals surface area contributed by atoms with Crippen LogP contribution in [0.1, 0.15) is 24.8 Å². The van der Waals surface area contributed by atoms with E-state index >= 15 is 0 Å². The van der Waals surface area contributed by atoms with Gasteiger partial charge in [0.15, 0.2) is 0 Å². The molecule has 0 aromatic heterocycles. The van der Waals surface area contributed by atoms with Gasteiger partial charge in [-0.1, -0.05) is 18.2 Å². The van der Waals surface area contributed by atoms with E-state index in [9.17, 15) is 4.79 Å². The Kier molecular flexibility index (Phi) is 4.15. The number of aryl methyl sites for hydroxylation is 1. The summed E-state index contributed by atoms with van der Waals surface area (Å²) in [7, 11) is 0. The van der Waals surface area contributed by atoms with Crippen LogP contribution in [0.3, 0.4) is 0 Å². The molecule has 0 spiro atoms. The third kappa shape index (κ3) is 3.05. The summed E-state index contributed by atoms with van der Waals surface area (Å²) in [6.07, 6.45) is 2.84. The molecule has 114 valence electrons. The maximum Gasteiger partial charge on any atom is 0.225 e. The second-order valence-corrected chi connectivity index (χ2v) is 6.37. The Morgan fingerprint density at radius 3 is 2.48 bits per heavy atom.